The highest BCUT2D eigenvalue weighted by atomic mass is 32.1. The number of aromatic nitrogens is 2. The molecule has 2 aromatic carbocycles. The minimum atomic E-state index is 0.593. The molecule has 0 atom stereocenters. The lowest BCUT2D eigenvalue weighted by Gasteiger charge is -2.25. The van der Waals surface area contributed by atoms with Crippen LogP contribution in [0.3, 0.4) is 0 Å². The molecule has 31 heavy (non-hydrogen) atoms. The lowest BCUT2D eigenvalue weighted by atomic mass is 9.98. The molecule has 4 aromatic rings. The molecule has 0 aliphatic carbocycles. The Balaban J connectivity index is 0.000000158. The molecule has 0 fully saturated rings. The smallest absolute Gasteiger partial charge is 0.180 e. The molecule has 0 saturated heterocycles. The third kappa shape index (κ3) is 4.93. The summed E-state index contributed by atoms with van der Waals surface area (Å²) in [4.78, 5) is 11.8. The van der Waals surface area contributed by atoms with Crippen LogP contribution in [0.4, 0.5) is 10.9 Å². The van der Waals surface area contributed by atoms with Gasteiger partial charge in [-0.05, 0) is 53.2 Å². The number of rotatable bonds is 3. The Kier molecular flexibility index (Phi) is 6.30. The third-order valence-corrected chi connectivity index (χ3v) is 6.33. The molecule has 3 heterocycles. The Morgan fingerprint density at radius 3 is 2.68 bits per heavy atom. The van der Waals surface area contributed by atoms with Crippen LogP contribution in [0, 0.1) is 0 Å². The predicted octanol–water partition coefficient (Wildman–Crippen LogP) is 5.30. The SMILES string of the molecule is C=Cc1ccc2c(c1)CCN(C)C2.CNc1cc2cc(-c3cnc(N)s3)ccc2cn1. The van der Waals surface area contributed by atoms with Gasteiger partial charge in [0.15, 0.2) is 5.13 Å². The molecule has 1 aliphatic rings. The Morgan fingerprint density at radius 2 is 1.94 bits per heavy atom. The summed E-state index contributed by atoms with van der Waals surface area (Å²) in [5.74, 6) is 0.864. The van der Waals surface area contributed by atoms with E-state index in [4.69, 9.17) is 5.73 Å². The van der Waals surface area contributed by atoms with E-state index in [1.54, 1.807) is 6.20 Å². The van der Waals surface area contributed by atoms with Gasteiger partial charge in [0, 0.05) is 37.9 Å². The second kappa shape index (κ2) is 9.29. The van der Waals surface area contributed by atoms with E-state index in [0.717, 1.165) is 33.6 Å². The fraction of sp³-hybridized carbons (Fsp3) is 0.200. The molecule has 1 aliphatic heterocycles. The quantitative estimate of drug-likeness (QED) is 0.463. The number of nitrogen functional groups attached to an aromatic ring is 1. The lowest BCUT2D eigenvalue weighted by Crippen LogP contribution is -2.26. The maximum Gasteiger partial charge on any atom is 0.180 e. The molecule has 0 bridgehead atoms. The summed E-state index contributed by atoms with van der Waals surface area (Å²) in [5, 5.41) is 5.91. The van der Waals surface area contributed by atoms with Gasteiger partial charge in [-0.15, -0.1) is 0 Å². The molecule has 0 radical (unpaired) electrons. The van der Waals surface area contributed by atoms with Crippen LogP contribution in [0.25, 0.3) is 27.3 Å². The number of thiazole rings is 1. The highest BCUT2D eigenvalue weighted by Gasteiger charge is 2.12. The van der Waals surface area contributed by atoms with Crippen molar-refractivity contribution in [3.63, 3.8) is 0 Å². The summed E-state index contributed by atoms with van der Waals surface area (Å²) in [6.07, 6.45) is 6.76. The van der Waals surface area contributed by atoms with Crippen molar-refractivity contribution in [1.82, 2.24) is 14.9 Å². The number of benzene rings is 2. The fourth-order valence-electron chi connectivity index (χ4n) is 3.69. The summed E-state index contributed by atoms with van der Waals surface area (Å²) in [5.41, 5.74) is 11.0. The van der Waals surface area contributed by atoms with Gasteiger partial charge >= 0.3 is 0 Å². The first kappa shape index (κ1) is 21.0. The molecule has 0 spiro atoms. The van der Waals surface area contributed by atoms with Gasteiger partial charge in [-0.3, -0.25) is 0 Å². The van der Waals surface area contributed by atoms with E-state index in [1.165, 1.54) is 41.0 Å². The second-order valence-corrected chi connectivity index (χ2v) is 8.73. The third-order valence-electron chi connectivity index (χ3n) is 5.46. The zero-order valence-electron chi connectivity index (χ0n) is 17.9. The van der Waals surface area contributed by atoms with Gasteiger partial charge in [0.2, 0.25) is 0 Å². The Morgan fingerprint density at radius 1 is 1.06 bits per heavy atom. The lowest BCUT2D eigenvalue weighted by molar-refractivity contribution is 0.313. The van der Waals surface area contributed by atoms with Crippen LogP contribution in [-0.2, 0) is 13.0 Å². The Bertz CT molecular complexity index is 1210. The van der Waals surface area contributed by atoms with Crippen molar-refractivity contribution in [1.29, 1.82) is 0 Å². The number of hydrogen-bond donors (Lipinski definition) is 2. The average molecular weight is 430 g/mol. The van der Waals surface area contributed by atoms with Crippen LogP contribution in [0.5, 0.6) is 0 Å². The number of fused-ring (bicyclic) bond motifs is 2. The van der Waals surface area contributed by atoms with Crippen molar-refractivity contribution in [2.75, 3.05) is 31.7 Å². The minimum absolute atomic E-state index is 0.593. The van der Waals surface area contributed by atoms with Crippen LogP contribution >= 0.6 is 11.3 Å². The predicted molar refractivity (Wildman–Crippen MR) is 133 cm³/mol. The first-order chi connectivity index (χ1) is 15.1. The normalized spacial score (nSPS) is 13.2. The van der Waals surface area contributed by atoms with Crippen LogP contribution in [0.2, 0.25) is 0 Å². The second-order valence-electron chi connectivity index (χ2n) is 7.66. The zero-order chi connectivity index (χ0) is 21.8. The van der Waals surface area contributed by atoms with Crippen molar-refractivity contribution >= 4 is 39.1 Å². The van der Waals surface area contributed by atoms with Gasteiger partial charge in [-0.2, -0.15) is 0 Å². The highest BCUT2D eigenvalue weighted by molar-refractivity contribution is 7.18. The molecule has 6 heteroatoms. The van der Waals surface area contributed by atoms with Gasteiger partial charge in [0.05, 0.1) is 4.88 Å². The number of hydrogen-bond acceptors (Lipinski definition) is 6. The molecule has 0 unspecified atom stereocenters. The largest absolute Gasteiger partial charge is 0.375 e. The molecule has 2 aromatic heterocycles. The van der Waals surface area contributed by atoms with E-state index in [2.05, 4.69) is 70.2 Å². The van der Waals surface area contributed by atoms with E-state index in [0.29, 0.717) is 5.13 Å². The number of nitrogens with zero attached hydrogens (tertiary/aromatic N) is 3. The first-order valence-corrected chi connectivity index (χ1v) is 11.1. The number of anilines is 2. The van der Waals surface area contributed by atoms with Crippen molar-refractivity contribution < 1.29 is 0 Å². The molecule has 5 rings (SSSR count). The number of nitrogens with two attached hydrogens (primary N) is 1. The molecule has 0 amide bonds. The van der Waals surface area contributed by atoms with E-state index >= 15 is 0 Å². The Hall–Kier alpha value is -3.22. The number of nitrogens with one attached hydrogen (secondary N) is 1. The zero-order valence-corrected chi connectivity index (χ0v) is 18.7. The number of pyridine rings is 1. The van der Waals surface area contributed by atoms with Crippen molar-refractivity contribution in [3.8, 4) is 10.4 Å². The first-order valence-electron chi connectivity index (χ1n) is 10.3. The van der Waals surface area contributed by atoms with Crippen LogP contribution in [-0.4, -0.2) is 35.5 Å². The van der Waals surface area contributed by atoms with E-state index < -0.39 is 0 Å². The number of likely N-dealkylation sites (N-methyl/N-ethyl adjacent to an activating group) is 1. The Labute approximate surface area is 187 Å². The molecular formula is C25H27N5S. The van der Waals surface area contributed by atoms with Crippen LogP contribution < -0.4 is 11.1 Å². The maximum absolute atomic E-state index is 5.66. The monoisotopic (exact) mass is 429 g/mol. The topological polar surface area (TPSA) is 67.1 Å². The van der Waals surface area contributed by atoms with Gasteiger partial charge in [0.1, 0.15) is 5.82 Å². The average Bonchev–Trinajstić information content (AvgIpc) is 3.24. The van der Waals surface area contributed by atoms with E-state index in [-0.39, 0.29) is 0 Å². The van der Waals surface area contributed by atoms with Crippen molar-refractivity contribution in [2.45, 2.75) is 13.0 Å². The summed E-state index contributed by atoms with van der Waals surface area (Å²) in [6.45, 7) is 6.05. The molecule has 5 nitrogen and oxygen atoms in total. The standard InChI is InChI=1S/C13H12N4S.C12H15N/c1-15-12-5-10-4-8(2-3-9(10)6-16-12)11-7-17-13(14)18-11;1-3-10-4-5-12-9-13(2)7-6-11(12)8-10/h2-7H,1H3,(H2,14,17)(H,15,16);3-5,8H,1,6-7,9H2,2H3. The fourth-order valence-corrected chi connectivity index (χ4v) is 4.37. The van der Waals surface area contributed by atoms with Gasteiger partial charge < -0.3 is 16.0 Å². The van der Waals surface area contributed by atoms with Crippen molar-refractivity contribution in [3.05, 3.63) is 78.1 Å². The van der Waals surface area contributed by atoms with Gasteiger partial charge in [-0.25, -0.2) is 9.97 Å². The van der Waals surface area contributed by atoms with E-state index in [9.17, 15) is 0 Å². The molecular weight excluding hydrogens is 402 g/mol. The van der Waals surface area contributed by atoms with Crippen LogP contribution in [0.15, 0.2) is 61.4 Å². The molecule has 0 saturated carbocycles. The van der Waals surface area contributed by atoms with Crippen molar-refractivity contribution in [2.24, 2.45) is 0 Å². The molecule has 158 valence electrons. The summed E-state index contributed by atoms with van der Waals surface area (Å²) in [7, 11) is 4.03. The summed E-state index contributed by atoms with van der Waals surface area (Å²) >= 11 is 1.49. The summed E-state index contributed by atoms with van der Waals surface area (Å²) < 4.78 is 0. The minimum Gasteiger partial charge on any atom is -0.375 e. The molecule has 3 N–H and O–H groups in total. The van der Waals surface area contributed by atoms with Gasteiger partial charge in [-0.1, -0.05) is 54.3 Å². The maximum atomic E-state index is 5.66. The summed E-state index contributed by atoms with van der Waals surface area (Å²) in [6, 6.07) is 14.9. The highest BCUT2D eigenvalue weighted by Crippen LogP contribution is 2.30. The van der Waals surface area contributed by atoms with Crippen LogP contribution in [0.1, 0.15) is 16.7 Å². The van der Waals surface area contributed by atoms with Gasteiger partial charge in [0.25, 0.3) is 0 Å². The van der Waals surface area contributed by atoms with E-state index in [1.807, 2.05) is 25.4 Å².